The molecule has 0 radical (unpaired) electrons. The van der Waals surface area contributed by atoms with Crippen molar-refractivity contribution in [3.63, 3.8) is 0 Å². The van der Waals surface area contributed by atoms with Crippen LogP contribution in [0.3, 0.4) is 0 Å². The Labute approximate surface area is 105 Å². The average molecular weight is 249 g/mol. The van der Waals surface area contributed by atoms with Gasteiger partial charge in [-0.2, -0.15) is 5.10 Å². The number of aryl methyl sites for hydroxylation is 1. The van der Waals surface area contributed by atoms with Gasteiger partial charge in [-0.25, -0.2) is 0 Å². The largest absolute Gasteiger partial charge is 0.496 e. The zero-order chi connectivity index (χ0) is 12.4. The Bertz CT molecular complexity index is 586. The summed E-state index contributed by atoms with van der Waals surface area (Å²) in [5, 5.41) is 7.07. The van der Waals surface area contributed by atoms with Gasteiger partial charge in [0.05, 0.1) is 7.11 Å². The maximum Gasteiger partial charge on any atom is 0.195 e. The molecule has 0 aliphatic rings. The van der Waals surface area contributed by atoms with E-state index in [1.165, 1.54) is 0 Å². The second kappa shape index (κ2) is 4.71. The molecule has 1 N–H and O–H groups in total. The Kier molecular flexibility index (Phi) is 3.28. The van der Waals surface area contributed by atoms with Crippen LogP contribution in [-0.2, 0) is 6.54 Å². The number of ether oxygens (including phenoxy) is 1. The highest BCUT2D eigenvalue weighted by molar-refractivity contribution is 7.71. The smallest absolute Gasteiger partial charge is 0.195 e. The monoisotopic (exact) mass is 249 g/mol. The van der Waals surface area contributed by atoms with Crippen LogP contribution in [0.15, 0.2) is 18.2 Å². The van der Waals surface area contributed by atoms with E-state index in [4.69, 9.17) is 17.0 Å². The third-order valence-electron chi connectivity index (χ3n) is 2.74. The molecule has 0 atom stereocenters. The van der Waals surface area contributed by atoms with Crippen LogP contribution in [0, 0.1) is 11.7 Å². The molecule has 1 aromatic heterocycles. The van der Waals surface area contributed by atoms with Gasteiger partial charge in [-0.1, -0.05) is 12.1 Å². The van der Waals surface area contributed by atoms with E-state index in [9.17, 15) is 0 Å². The lowest BCUT2D eigenvalue weighted by Gasteiger charge is -2.08. The van der Waals surface area contributed by atoms with E-state index < -0.39 is 0 Å². The number of benzene rings is 1. The molecule has 2 aromatic rings. The summed E-state index contributed by atoms with van der Waals surface area (Å²) in [6.45, 7) is 4.85. The van der Waals surface area contributed by atoms with Gasteiger partial charge >= 0.3 is 0 Å². The molecule has 0 aliphatic carbocycles. The highest BCUT2D eigenvalue weighted by Crippen LogP contribution is 2.25. The summed E-state index contributed by atoms with van der Waals surface area (Å²) in [7, 11) is 1.67. The molecular formula is C12H15N3OS. The topological polar surface area (TPSA) is 42.8 Å². The standard InChI is InChI=1S/C12H15N3OS/c1-4-15-11(13-14-12(15)17)9-6-5-8(2)10(7-9)16-3/h5-7H,4H2,1-3H3,(H,14,17). The third-order valence-corrected chi connectivity index (χ3v) is 3.05. The van der Waals surface area contributed by atoms with Crippen LogP contribution >= 0.6 is 12.2 Å². The van der Waals surface area contributed by atoms with Crippen molar-refractivity contribution in [2.75, 3.05) is 7.11 Å². The first-order chi connectivity index (χ1) is 8.17. The van der Waals surface area contributed by atoms with Gasteiger partial charge in [0.25, 0.3) is 0 Å². The maximum absolute atomic E-state index is 5.31. The van der Waals surface area contributed by atoms with Gasteiger partial charge in [0.1, 0.15) is 5.75 Å². The molecule has 0 fully saturated rings. The Balaban J connectivity index is 2.56. The summed E-state index contributed by atoms with van der Waals surface area (Å²) >= 11 is 5.17. The van der Waals surface area contributed by atoms with Gasteiger partial charge in [-0.3, -0.25) is 5.10 Å². The first-order valence-electron chi connectivity index (χ1n) is 5.47. The van der Waals surface area contributed by atoms with Crippen LogP contribution in [0.4, 0.5) is 0 Å². The number of nitrogens with one attached hydrogen (secondary N) is 1. The van der Waals surface area contributed by atoms with Gasteiger partial charge in [0, 0.05) is 12.1 Å². The molecule has 4 nitrogen and oxygen atoms in total. The minimum absolute atomic E-state index is 0.641. The number of nitrogens with zero attached hydrogens (tertiary/aromatic N) is 2. The van der Waals surface area contributed by atoms with E-state index in [1.54, 1.807) is 7.11 Å². The van der Waals surface area contributed by atoms with Crippen molar-refractivity contribution in [2.24, 2.45) is 0 Å². The first-order valence-corrected chi connectivity index (χ1v) is 5.88. The summed E-state index contributed by atoms with van der Waals surface area (Å²) in [5.74, 6) is 1.70. The Morgan fingerprint density at radius 2 is 2.24 bits per heavy atom. The fraction of sp³-hybridized carbons (Fsp3) is 0.333. The molecule has 0 amide bonds. The molecule has 1 heterocycles. The van der Waals surface area contributed by atoms with E-state index in [0.29, 0.717) is 4.77 Å². The van der Waals surface area contributed by atoms with Crippen LogP contribution < -0.4 is 4.74 Å². The fourth-order valence-electron chi connectivity index (χ4n) is 1.79. The van der Waals surface area contributed by atoms with Crippen LogP contribution in [0.1, 0.15) is 12.5 Å². The number of hydrogen-bond acceptors (Lipinski definition) is 3. The molecule has 90 valence electrons. The zero-order valence-electron chi connectivity index (χ0n) is 10.2. The van der Waals surface area contributed by atoms with Crippen molar-refractivity contribution in [3.05, 3.63) is 28.5 Å². The molecule has 1 aromatic carbocycles. The number of aromatic amines is 1. The summed E-state index contributed by atoms with van der Waals surface area (Å²) in [4.78, 5) is 0. The normalized spacial score (nSPS) is 10.5. The number of aromatic nitrogens is 3. The number of hydrogen-bond donors (Lipinski definition) is 1. The molecule has 2 rings (SSSR count). The average Bonchev–Trinajstić information content (AvgIpc) is 2.71. The Morgan fingerprint density at radius 3 is 2.88 bits per heavy atom. The molecule has 0 saturated heterocycles. The van der Waals surface area contributed by atoms with E-state index >= 15 is 0 Å². The van der Waals surface area contributed by atoms with Crippen molar-refractivity contribution in [2.45, 2.75) is 20.4 Å². The number of methoxy groups -OCH3 is 1. The van der Waals surface area contributed by atoms with Gasteiger partial charge in [0.15, 0.2) is 10.6 Å². The predicted molar refractivity (Wildman–Crippen MR) is 69.8 cm³/mol. The van der Waals surface area contributed by atoms with Crippen LogP contribution in [0.2, 0.25) is 0 Å². The van der Waals surface area contributed by atoms with E-state index in [-0.39, 0.29) is 0 Å². The number of H-pyrrole nitrogens is 1. The molecule has 0 spiro atoms. The van der Waals surface area contributed by atoms with Crippen LogP contribution in [0.5, 0.6) is 5.75 Å². The van der Waals surface area contributed by atoms with Crippen molar-refractivity contribution >= 4 is 12.2 Å². The minimum atomic E-state index is 0.641. The summed E-state index contributed by atoms with van der Waals surface area (Å²) in [6.07, 6.45) is 0. The van der Waals surface area contributed by atoms with Gasteiger partial charge in [0.2, 0.25) is 0 Å². The quantitative estimate of drug-likeness (QED) is 0.850. The van der Waals surface area contributed by atoms with Gasteiger partial charge in [-0.05, 0) is 37.7 Å². The van der Waals surface area contributed by atoms with Gasteiger partial charge < -0.3 is 9.30 Å². The molecule has 0 bridgehead atoms. The Hall–Kier alpha value is -1.62. The van der Waals surface area contributed by atoms with Gasteiger partial charge in [-0.15, -0.1) is 0 Å². The van der Waals surface area contributed by atoms with E-state index in [2.05, 4.69) is 10.2 Å². The fourth-order valence-corrected chi connectivity index (χ4v) is 2.05. The SMILES string of the molecule is CCn1c(-c2ccc(C)c(OC)c2)n[nH]c1=S. The molecule has 0 unspecified atom stereocenters. The molecule has 5 heteroatoms. The third kappa shape index (κ3) is 2.10. The van der Waals surface area contributed by atoms with Crippen LogP contribution in [-0.4, -0.2) is 21.9 Å². The molecule has 0 saturated carbocycles. The van der Waals surface area contributed by atoms with Crippen molar-refractivity contribution in [1.82, 2.24) is 14.8 Å². The maximum atomic E-state index is 5.31. The first kappa shape index (κ1) is 11.9. The summed E-state index contributed by atoms with van der Waals surface area (Å²) in [6, 6.07) is 6.02. The highest BCUT2D eigenvalue weighted by atomic mass is 32.1. The lowest BCUT2D eigenvalue weighted by atomic mass is 10.1. The predicted octanol–water partition coefficient (Wildman–Crippen LogP) is 2.94. The summed E-state index contributed by atoms with van der Waals surface area (Å²) in [5.41, 5.74) is 2.11. The van der Waals surface area contributed by atoms with Crippen LogP contribution in [0.25, 0.3) is 11.4 Å². The minimum Gasteiger partial charge on any atom is -0.496 e. The number of rotatable bonds is 3. The van der Waals surface area contributed by atoms with E-state index in [0.717, 1.165) is 29.2 Å². The second-order valence-electron chi connectivity index (χ2n) is 3.78. The second-order valence-corrected chi connectivity index (χ2v) is 4.17. The van der Waals surface area contributed by atoms with Crippen molar-refractivity contribution < 1.29 is 4.74 Å². The lowest BCUT2D eigenvalue weighted by molar-refractivity contribution is 0.412. The zero-order valence-corrected chi connectivity index (χ0v) is 11.0. The molecule has 0 aliphatic heterocycles. The summed E-state index contributed by atoms with van der Waals surface area (Å²) < 4.78 is 7.91. The lowest BCUT2D eigenvalue weighted by Crippen LogP contribution is -1.98. The molecule has 17 heavy (non-hydrogen) atoms. The highest BCUT2D eigenvalue weighted by Gasteiger charge is 2.09. The molecular weight excluding hydrogens is 234 g/mol. The van der Waals surface area contributed by atoms with E-state index in [1.807, 2.05) is 36.6 Å². The Morgan fingerprint density at radius 1 is 1.47 bits per heavy atom. The van der Waals surface area contributed by atoms with Crippen molar-refractivity contribution in [1.29, 1.82) is 0 Å². The van der Waals surface area contributed by atoms with Crippen molar-refractivity contribution in [3.8, 4) is 17.1 Å².